The van der Waals surface area contributed by atoms with Crippen molar-refractivity contribution in [2.45, 2.75) is 0 Å². The van der Waals surface area contributed by atoms with Gasteiger partial charge in [-0.25, -0.2) is 30.4 Å². The molecule has 0 saturated heterocycles. The van der Waals surface area contributed by atoms with Crippen LogP contribution in [0.25, 0.3) is 6.08 Å². The topological polar surface area (TPSA) is 108 Å². The normalized spacial score (nSPS) is 11.9. The van der Waals surface area contributed by atoms with Crippen LogP contribution in [0, 0.1) is 29.1 Å². The number of halogens is 5. The molecule has 0 aliphatic heterocycles. The molecule has 162 valence electrons. The standard InChI is InChI=1S/C17H13F5N2O5S/c1-28-9-4-3-7(5-10(9)29-2)24-30(26,27)11(17(23)25)6-8-12(18)14(20)16(22)15(21)13(8)19/h3-6,24H,1-2H3,(H2,23,25)/b11-6-. The second-order valence-electron chi connectivity index (χ2n) is 5.53. The van der Waals surface area contributed by atoms with Gasteiger partial charge in [0.05, 0.1) is 25.5 Å². The minimum Gasteiger partial charge on any atom is -0.493 e. The first-order valence-electron chi connectivity index (χ1n) is 7.72. The van der Waals surface area contributed by atoms with E-state index in [9.17, 15) is 35.2 Å². The van der Waals surface area contributed by atoms with Crippen LogP contribution in [-0.4, -0.2) is 28.5 Å². The number of methoxy groups -OCH3 is 2. The van der Waals surface area contributed by atoms with Gasteiger partial charge in [0.2, 0.25) is 5.82 Å². The third-order valence-electron chi connectivity index (χ3n) is 3.69. The summed E-state index contributed by atoms with van der Waals surface area (Å²) in [7, 11) is -2.34. The zero-order chi connectivity index (χ0) is 22.8. The highest BCUT2D eigenvalue weighted by atomic mass is 32.2. The van der Waals surface area contributed by atoms with Gasteiger partial charge in [-0.2, -0.15) is 0 Å². The quantitative estimate of drug-likeness (QED) is 0.291. The predicted molar refractivity (Wildman–Crippen MR) is 95.5 cm³/mol. The van der Waals surface area contributed by atoms with E-state index in [1.54, 1.807) is 0 Å². The van der Waals surface area contributed by atoms with Crippen molar-refractivity contribution in [3.63, 3.8) is 0 Å². The molecular weight excluding hydrogens is 439 g/mol. The highest BCUT2D eigenvalue weighted by molar-refractivity contribution is 7.97. The Hall–Kier alpha value is -3.35. The van der Waals surface area contributed by atoms with Gasteiger partial charge in [-0.3, -0.25) is 9.52 Å². The lowest BCUT2D eigenvalue weighted by atomic mass is 10.1. The lowest BCUT2D eigenvalue weighted by molar-refractivity contribution is -0.113. The first-order valence-corrected chi connectivity index (χ1v) is 9.20. The Morgan fingerprint density at radius 1 is 0.933 bits per heavy atom. The fraction of sp³-hybridized carbons (Fsp3) is 0.118. The summed E-state index contributed by atoms with van der Waals surface area (Å²) in [6, 6.07) is 3.64. The van der Waals surface area contributed by atoms with Crippen molar-refractivity contribution < 1.29 is 44.6 Å². The summed E-state index contributed by atoms with van der Waals surface area (Å²) in [4.78, 5) is 10.1. The number of rotatable bonds is 7. The monoisotopic (exact) mass is 452 g/mol. The molecule has 2 aromatic carbocycles. The maximum atomic E-state index is 13.9. The van der Waals surface area contributed by atoms with Gasteiger partial charge in [0, 0.05) is 6.07 Å². The SMILES string of the molecule is COc1ccc(NS(=O)(=O)/C(=C\c2c(F)c(F)c(F)c(F)c2F)C(N)=O)cc1OC. The van der Waals surface area contributed by atoms with Gasteiger partial charge in [-0.1, -0.05) is 0 Å². The van der Waals surface area contributed by atoms with E-state index in [2.05, 4.69) is 0 Å². The molecule has 3 N–H and O–H groups in total. The van der Waals surface area contributed by atoms with E-state index in [1.165, 1.54) is 26.4 Å². The Bertz CT molecular complexity index is 1120. The maximum absolute atomic E-state index is 13.9. The van der Waals surface area contributed by atoms with Crippen LogP contribution in [-0.2, 0) is 14.8 Å². The Balaban J connectivity index is 2.60. The highest BCUT2D eigenvalue weighted by Crippen LogP contribution is 2.31. The van der Waals surface area contributed by atoms with Gasteiger partial charge >= 0.3 is 0 Å². The molecule has 13 heteroatoms. The number of ether oxygens (including phenoxy) is 2. The van der Waals surface area contributed by atoms with Crippen LogP contribution < -0.4 is 19.9 Å². The second kappa shape index (κ2) is 8.57. The Kier molecular flexibility index (Phi) is 6.55. The summed E-state index contributed by atoms with van der Waals surface area (Å²) in [5.41, 5.74) is 3.12. The minimum atomic E-state index is -4.92. The molecule has 0 radical (unpaired) electrons. The molecule has 2 rings (SSSR count). The van der Waals surface area contributed by atoms with Crippen molar-refractivity contribution in [2.24, 2.45) is 5.73 Å². The molecule has 0 fully saturated rings. The van der Waals surface area contributed by atoms with Crippen molar-refractivity contribution in [2.75, 3.05) is 18.9 Å². The summed E-state index contributed by atoms with van der Waals surface area (Å²) < 4.78 is 104. The average Bonchev–Trinajstić information content (AvgIpc) is 2.69. The molecule has 7 nitrogen and oxygen atoms in total. The number of primary amides is 1. The summed E-state index contributed by atoms with van der Waals surface area (Å²) in [6.45, 7) is 0. The average molecular weight is 452 g/mol. The number of anilines is 1. The van der Waals surface area contributed by atoms with Crippen LogP contribution in [0.2, 0.25) is 0 Å². The van der Waals surface area contributed by atoms with Gasteiger partial charge in [-0.05, 0) is 18.2 Å². The largest absolute Gasteiger partial charge is 0.493 e. The molecule has 0 spiro atoms. The number of hydrogen-bond acceptors (Lipinski definition) is 5. The van der Waals surface area contributed by atoms with Crippen molar-refractivity contribution in [3.05, 3.63) is 57.8 Å². The third-order valence-corrected chi connectivity index (χ3v) is 5.09. The molecule has 30 heavy (non-hydrogen) atoms. The first-order chi connectivity index (χ1) is 13.9. The molecule has 0 saturated carbocycles. The molecule has 1 amide bonds. The maximum Gasteiger partial charge on any atom is 0.267 e. The van der Waals surface area contributed by atoms with Gasteiger partial charge < -0.3 is 15.2 Å². The Labute approximate surface area is 166 Å². The highest BCUT2D eigenvalue weighted by Gasteiger charge is 2.29. The van der Waals surface area contributed by atoms with Crippen LogP contribution in [0.4, 0.5) is 27.6 Å². The molecule has 0 atom stereocenters. The lowest BCUT2D eigenvalue weighted by Crippen LogP contribution is -2.26. The van der Waals surface area contributed by atoms with E-state index >= 15 is 0 Å². The van der Waals surface area contributed by atoms with Crippen molar-refractivity contribution in [1.29, 1.82) is 0 Å². The summed E-state index contributed by atoms with van der Waals surface area (Å²) in [5.74, 6) is -13.2. The molecule has 2 aromatic rings. The summed E-state index contributed by atoms with van der Waals surface area (Å²) in [5, 5.41) is 0. The van der Waals surface area contributed by atoms with Crippen LogP contribution >= 0.6 is 0 Å². The number of nitrogens with one attached hydrogen (secondary N) is 1. The van der Waals surface area contributed by atoms with Crippen LogP contribution in [0.3, 0.4) is 0 Å². The zero-order valence-electron chi connectivity index (χ0n) is 15.2. The van der Waals surface area contributed by atoms with Crippen LogP contribution in [0.5, 0.6) is 11.5 Å². The van der Waals surface area contributed by atoms with Gasteiger partial charge in [-0.15, -0.1) is 0 Å². The van der Waals surface area contributed by atoms with E-state index in [0.717, 1.165) is 6.07 Å². The summed E-state index contributed by atoms with van der Waals surface area (Å²) >= 11 is 0. The Morgan fingerprint density at radius 3 is 1.90 bits per heavy atom. The molecule has 0 aliphatic carbocycles. The number of benzene rings is 2. The van der Waals surface area contributed by atoms with Crippen molar-refractivity contribution in [3.8, 4) is 11.5 Å². The first kappa shape index (κ1) is 22.9. The van der Waals surface area contributed by atoms with Gasteiger partial charge in [0.25, 0.3) is 15.9 Å². The molecule has 0 aromatic heterocycles. The number of carbonyl (C=O) groups is 1. The Morgan fingerprint density at radius 2 is 1.43 bits per heavy atom. The van der Waals surface area contributed by atoms with E-state index < -0.39 is 55.5 Å². The number of hydrogen-bond donors (Lipinski definition) is 2. The molecular formula is C17H13F5N2O5S. The zero-order valence-corrected chi connectivity index (χ0v) is 16.0. The second-order valence-corrected chi connectivity index (χ2v) is 7.18. The van der Waals surface area contributed by atoms with Gasteiger partial charge in [0.15, 0.2) is 39.7 Å². The minimum absolute atomic E-state index is 0.0539. The van der Waals surface area contributed by atoms with Gasteiger partial charge in [0.1, 0.15) is 0 Å². The molecule has 0 bridgehead atoms. The van der Waals surface area contributed by atoms with E-state index in [0.29, 0.717) is 0 Å². The predicted octanol–water partition coefficient (Wildman–Crippen LogP) is 2.67. The lowest BCUT2D eigenvalue weighted by Gasteiger charge is -2.13. The fourth-order valence-corrected chi connectivity index (χ4v) is 3.36. The van der Waals surface area contributed by atoms with Crippen LogP contribution in [0.15, 0.2) is 23.1 Å². The van der Waals surface area contributed by atoms with Crippen molar-refractivity contribution in [1.82, 2.24) is 0 Å². The third kappa shape index (κ3) is 4.30. The number of amides is 1. The summed E-state index contributed by atoms with van der Waals surface area (Å²) in [6.07, 6.45) is -0.0539. The number of carbonyl (C=O) groups excluding carboxylic acids is 1. The number of nitrogens with two attached hydrogens (primary N) is 1. The van der Waals surface area contributed by atoms with E-state index in [1.807, 2.05) is 4.72 Å². The molecule has 0 aliphatic rings. The molecule has 0 heterocycles. The smallest absolute Gasteiger partial charge is 0.267 e. The number of sulfonamides is 1. The van der Waals surface area contributed by atoms with E-state index in [-0.39, 0.29) is 23.3 Å². The fourth-order valence-electron chi connectivity index (χ4n) is 2.27. The van der Waals surface area contributed by atoms with E-state index in [4.69, 9.17) is 15.2 Å². The molecule has 0 unspecified atom stereocenters. The van der Waals surface area contributed by atoms with Crippen molar-refractivity contribution >= 4 is 27.7 Å². The van der Waals surface area contributed by atoms with Crippen LogP contribution in [0.1, 0.15) is 5.56 Å².